The molecule has 0 radical (unpaired) electrons. The van der Waals surface area contributed by atoms with Crippen molar-refractivity contribution in [3.8, 4) is 0 Å². The van der Waals surface area contributed by atoms with Crippen molar-refractivity contribution < 1.29 is 28.7 Å². The lowest BCUT2D eigenvalue weighted by Gasteiger charge is -2.20. The molecule has 8 nitrogen and oxygen atoms in total. The smallest absolute Gasteiger partial charge is 0.341 e. The lowest BCUT2D eigenvalue weighted by molar-refractivity contribution is -0.120. The highest BCUT2D eigenvalue weighted by Gasteiger charge is 2.29. The lowest BCUT2D eigenvalue weighted by atomic mass is 9.89. The van der Waals surface area contributed by atoms with Gasteiger partial charge in [0.1, 0.15) is 5.00 Å². The van der Waals surface area contributed by atoms with Crippen LogP contribution in [0.1, 0.15) is 75.0 Å². The summed E-state index contributed by atoms with van der Waals surface area (Å²) in [6.45, 7) is 3.50. The zero-order valence-corrected chi connectivity index (χ0v) is 19.8. The van der Waals surface area contributed by atoms with Gasteiger partial charge in [-0.3, -0.25) is 9.59 Å². The average molecular weight is 473 g/mol. The molecular formula is C24H28N2O6S. The maximum absolute atomic E-state index is 13.1. The molecule has 9 heteroatoms. The number of methoxy groups -OCH3 is 1. The lowest BCUT2D eigenvalue weighted by Crippen LogP contribution is -2.25. The van der Waals surface area contributed by atoms with E-state index in [4.69, 9.17) is 9.47 Å². The number of benzene rings is 1. The number of amides is 2. The van der Waals surface area contributed by atoms with Gasteiger partial charge in [-0.1, -0.05) is 31.4 Å². The van der Waals surface area contributed by atoms with Crippen LogP contribution >= 0.6 is 11.3 Å². The topological polar surface area (TPSA) is 111 Å². The normalized spacial score (nSPS) is 13.8. The Kier molecular flexibility index (Phi) is 8.21. The van der Waals surface area contributed by atoms with Gasteiger partial charge in [0, 0.05) is 5.92 Å². The Morgan fingerprint density at radius 3 is 2.39 bits per heavy atom. The van der Waals surface area contributed by atoms with Gasteiger partial charge in [0.05, 0.1) is 35.4 Å². The first-order chi connectivity index (χ1) is 15.9. The summed E-state index contributed by atoms with van der Waals surface area (Å²) >= 11 is 1.02. The number of carbonyl (C=O) groups is 4. The molecule has 0 spiro atoms. The van der Waals surface area contributed by atoms with Crippen molar-refractivity contribution >= 4 is 45.8 Å². The molecule has 176 valence electrons. The van der Waals surface area contributed by atoms with Crippen LogP contribution in [0, 0.1) is 12.8 Å². The minimum absolute atomic E-state index is 0.111. The first kappa shape index (κ1) is 24.4. The van der Waals surface area contributed by atoms with Gasteiger partial charge in [0.25, 0.3) is 5.91 Å². The van der Waals surface area contributed by atoms with Crippen LogP contribution in [-0.2, 0) is 14.3 Å². The molecule has 1 aromatic carbocycles. The Hall–Kier alpha value is -3.20. The summed E-state index contributed by atoms with van der Waals surface area (Å²) in [5.41, 5.74) is 1.08. The van der Waals surface area contributed by atoms with Gasteiger partial charge in [0.15, 0.2) is 0 Å². The number of ether oxygens (including phenoxy) is 2. The molecule has 1 heterocycles. The fourth-order valence-electron chi connectivity index (χ4n) is 3.91. The van der Waals surface area contributed by atoms with Crippen LogP contribution < -0.4 is 10.6 Å². The molecule has 1 aliphatic carbocycles. The van der Waals surface area contributed by atoms with E-state index in [1.54, 1.807) is 38.1 Å². The Bertz CT molecular complexity index is 1060. The fourth-order valence-corrected chi connectivity index (χ4v) is 5.00. The van der Waals surface area contributed by atoms with Crippen LogP contribution in [0.4, 0.5) is 10.7 Å². The number of para-hydroxylation sites is 1. The van der Waals surface area contributed by atoms with Crippen LogP contribution in [0.15, 0.2) is 24.3 Å². The first-order valence-electron chi connectivity index (χ1n) is 11.0. The van der Waals surface area contributed by atoms with E-state index >= 15 is 0 Å². The van der Waals surface area contributed by atoms with Crippen LogP contribution in [0.25, 0.3) is 0 Å². The second kappa shape index (κ2) is 11.1. The summed E-state index contributed by atoms with van der Waals surface area (Å²) in [6.07, 6.45) is 4.73. The quantitative estimate of drug-likeness (QED) is 0.561. The van der Waals surface area contributed by atoms with E-state index in [0.717, 1.165) is 43.4 Å². The summed E-state index contributed by atoms with van der Waals surface area (Å²) in [6, 6.07) is 6.48. The number of nitrogens with one attached hydrogen (secondary N) is 2. The minimum atomic E-state index is -0.598. The van der Waals surface area contributed by atoms with Gasteiger partial charge in [-0.25, -0.2) is 9.59 Å². The zero-order valence-electron chi connectivity index (χ0n) is 19.0. The first-order valence-corrected chi connectivity index (χ1v) is 11.8. The van der Waals surface area contributed by atoms with Gasteiger partial charge in [-0.2, -0.15) is 0 Å². The summed E-state index contributed by atoms with van der Waals surface area (Å²) < 4.78 is 9.95. The number of carbonyl (C=O) groups excluding carboxylic acids is 4. The highest BCUT2D eigenvalue weighted by molar-refractivity contribution is 7.19. The molecule has 33 heavy (non-hydrogen) atoms. The second-order valence-corrected chi connectivity index (χ2v) is 8.82. The van der Waals surface area contributed by atoms with Crippen molar-refractivity contribution in [2.45, 2.75) is 46.0 Å². The molecule has 1 aliphatic rings. The molecule has 0 unspecified atom stereocenters. The van der Waals surface area contributed by atoms with Crippen molar-refractivity contribution in [1.82, 2.24) is 0 Å². The van der Waals surface area contributed by atoms with Gasteiger partial charge in [0.2, 0.25) is 5.91 Å². The van der Waals surface area contributed by atoms with Gasteiger partial charge < -0.3 is 20.1 Å². The molecule has 1 aromatic heterocycles. The highest BCUT2D eigenvalue weighted by atomic mass is 32.1. The summed E-state index contributed by atoms with van der Waals surface area (Å²) in [5.74, 6) is -1.94. The Morgan fingerprint density at radius 2 is 1.73 bits per heavy atom. The van der Waals surface area contributed by atoms with Gasteiger partial charge in [-0.15, -0.1) is 11.3 Å². The van der Waals surface area contributed by atoms with E-state index in [9.17, 15) is 19.2 Å². The summed E-state index contributed by atoms with van der Waals surface area (Å²) in [7, 11) is 1.26. The van der Waals surface area contributed by atoms with Gasteiger partial charge in [-0.05, 0) is 44.4 Å². The minimum Gasteiger partial charge on any atom is -0.465 e. The third-order valence-electron chi connectivity index (χ3n) is 5.63. The number of esters is 2. The van der Waals surface area contributed by atoms with Crippen LogP contribution in [-0.4, -0.2) is 37.5 Å². The third-order valence-corrected chi connectivity index (χ3v) is 6.83. The average Bonchev–Trinajstić information content (AvgIpc) is 3.15. The van der Waals surface area contributed by atoms with Gasteiger partial charge >= 0.3 is 11.9 Å². The van der Waals surface area contributed by atoms with Crippen molar-refractivity contribution in [2.75, 3.05) is 24.4 Å². The van der Waals surface area contributed by atoms with Crippen molar-refractivity contribution in [3.05, 3.63) is 45.8 Å². The van der Waals surface area contributed by atoms with Crippen molar-refractivity contribution in [3.63, 3.8) is 0 Å². The van der Waals surface area contributed by atoms with Crippen LogP contribution in [0.2, 0.25) is 0 Å². The van der Waals surface area contributed by atoms with E-state index in [-0.39, 0.29) is 40.1 Å². The van der Waals surface area contributed by atoms with E-state index in [1.807, 2.05) is 0 Å². The Balaban J connectivity index is 1.91. The molecule has 3 rings (SSSR count). The van der Waals surface area contributed by atoms with E-state index < -0.39 is 17.8 Å². The molecule has 0 saturated heterocycles. The fraction of sp³-hybridized carbons (Fsp3) is 0.417. The molecule has 1 fully saturated rings. The van der Waals surface area contributed by atoms with Crippen LogP contribution in [0.5, 0.6) is 0 Å². The van der Waals surface area contributed by atoms with Crippen LogP contribution in [0.3, 0.4) is 0 Å². The summed E-state index contributed by atoms with van der Waals surface area (Å²) in [5, 5.41) is 5.88. The zero-order chi connectivity index (χ0) is 24.0. The third kappa shape index (κ3) is 5.60. The molecule has 0 bridgehead atoms. The van der Waals surface area contributed by atoms with Crippen molar-refractivity contribution in [1.29, 1.82) is 0 Å². The molecular weight excluding hydrogens is 444 g/mol. The largest absolute Gasteiger partial charge is 0.465 e. The van der Waals surface area contributed by atoms with Crippen molar-refractivity contribution in [2.24, 2.45) is 5.92 Å². The SMILES string of the molecule is CCOC(=O)c1c(NC(=O)C2CCCCC2)sc(C(=O)Nc2ccccc2C(=O)OC)c1C. The molecule has 0 aliphatic heterocycles. The molecule has 0 atom stereocenters. The number of thiophene rings is 1. The predicted octanol–water partition coefficient (Wildman–Crippen LogP) is 4.79. The number of hydrogen-bond acceptors (Lipinski definition) is 7. The van der Waals surface area contributed by atoms with E-state index in [2.05, 4.69) is 10.6 Å². The van der Waals surface area contributed by atoms with E-state index in [0.29, 0.717) is 10.6 Å². The molecule has 2 amide bonds. The number of anilines is 2. The standard InChI is InChI=1S/C24H28N2O6S/c1-4-32-24(30)18-14(2)19(33-22(18)26-20(27)15-10-6-5-7-11-15)21(28)25-17-13-9-8-12-16(17)23(29)31-3/h8-9,12-13,15H,4-7,10-11H2,1-3H3,(H,25,28)(H,26,27). The number of rotatable bonds is 7. The predicted molar refractivity (Wildman–Crippen MR) is 126 cm³/mol. The monoisotopic (exact) mass is 472 g/mol. The number of hydrogen-bond donors (Lipinski definition) is 2. The van der Waals surface area contributed by atoms with E-state index in [1.165, 1.54) is 7.11 Å². The summed E-state index contributed by atoms with van der Waals surface area (Å²) in [4.78, 5) is 50.9. The Morgan fingerprint density at radius 1 is 1.03 bits per heavy atom. The highest BCUT2D eigenvalue weighted by Crippen LogP contribution is 2.36. The molecule has 2 N–H and O–H groups in total. The maximum Gasteiger partial charge on any atom is 0.341 e. The molecule has 2 aromatic rings. The Labute approximate surface area is 196 Å². The second-order valence-electron chi connectivity index (χ2n) is 7.80. The maximum atomic E-state index is 13.1. The molecule has 1 saturated carbocycles.